The van der Waals surface area contributed by atoms with Crippen molar-refractivity contribution in [1.29, 1.82) is 0 Å². The van der Waals surface area contributed by atoms with Crippen LogP contribution < -0.4 is 4.90 Å². The maximum Gasteiger partial charge on any atom is 0.0635 e. The maximum absolute atomic E-state index is 2.51. The standard InChI is InChI=1S/C65H46N4/c1-65(2)58-24-14-12-22-51(58)52-35-34-50(40-59(52)65)67(47-28-26-44(27-29-47)43-16-6-3-7-17-43)48-30-32-49(33-31-48)69-63-42-62-56(53-23-13-15-25-61(53)68(62)46-20-10-5-11-21-46)41-57(63)54-36-37-60-55(64(54)69)38-39-66(60)45-18-8-4-9-19-45/h3-42H,1-2H3. The summed E-state index contributed by atoms with van der Waals surface area (Å²) in [5.41, 5.74) is 20.3. The molecule has 0 fully saturated rings. The number of fused-ring (bicyclic) bond motifs is 11. The summed E-state index contributed by atoms with van der Waals surface area (Å²) in [6.45, 7) is 4.72. The van der Waals surface area contributed by atoms with Crippen LogP contribution >= 0.6 is 0 Å². The average molecular weight is 883 g/mol. The van der Waals surface area contributed by atoms with Crippen LogP contribution in [-0.2, 0) is 5.41 Å². The number of hydrogen-bond donors (Lipinski definition) is 0. The second kappa shape index (κ2) is 15.1. The third-order valence-electron chi connectivity index (χ3n) is 14.9. The molecule has 13 aromatic rings. The Hall–Kier alpha value is -8.86. The van der Waals surface area contributed by atoms with Crippen LogP contribution in [0.4, 0.5) is 17.1 Å². The molecule has 0 atom stereocenters. The molecule has 4 nitrogen and oxygen atoms in total. The minimum absolute atomic E-state index is 0.131. The first-order chi connectivity index (χ1) is 34.0. The number of anilines is 3. The number of aromatic nitrogens is 3. The Labute approximate surface area is 400 Å². The number of rotatable bonds is 7. The van der Waals surface area contributed by atoms with Gasteiger partial charge in [-0.3, -0.25) is 0 Å². The molecule has 0 amide bonds. The average Bonchev–Trinajstić information content (AvgIpc) is 4.14. The van der Waals surface area contributed by atoms with Gasteiger partial charge in [0.2, 0.25) is 0 Å². The Morgan fingerprint density at radius 3 is 1.68 bits per heavy atom. The molecular weight excluding hydrogens is 837 g/mol. The molecule has 4 heteroatoms. The SMILES string of the molecule is CC1(C)c2ccccc2-c2ccc(N(c3ccc(-c4ccccc4)cc3)c3ccc(-n4c5cc6c(cc5c5ccc7c(ccn7-c7ccccc7)c54)c4ccccc4n6-c4ccccc4)cc3)cc21. The summed E-state index contributed by atoms with van der Waals surface area (Å²) >= 11 is 0. The molecule has 14 rings (SSSR count). The molecule has 0 aliphatic heterocycles. The Kier molecular flexibility index (Phi) is 8.59. The molecule has 3 aromatic heterocycles. The Balaban J connectivity index is 0.989. The van der Waals surface area contributed by atoms with Crippen LogP contribution in [0.1, 0.15) is 25.0 Å². The van der Waals surface area contributed by atoms with Crippen molar-refractivity contribution in [3.05, 3.63) is 254 Å². The minimum atomic E-state index is -0.131. The minimum Gasteiger partial charge on any atom is -0.316 e. The second-order valence-corrected chi connectivity index (χ2v) is 19.0. The lowest BCUT2D eigenvalue weighted by atomic mass is 9.82. The predicted molar refractivity (Wildman–Crippen MR) is 290 cm³/mol. The third-order valence-corrected chi connectivity index (χ3v) is 14.9. The van der Waals surface area contributed by atoms with Crippen LogP contribution in [0.2, 0.25) is 0 Å². The molecule has 0 spiro atoms. The highest BCUT2D eigenvalue weighted by atomic mass is 15.1. The normalized spacial score (nSPS) is 12.9. The van der Waals surface area contributed by atoms with E-state index in [1.807, 2.05) is 0 Å². The van der Waals surface area contributed by atoms with Crippen molar-refractivity contribution < 1.29 is 0 Å². The predicted octanol–water partition coefficient (Wildman–Crippen LogP) is 17.3. The van der Waals surface area contributed by atoms with E-state index in [2.05, 4.69) is 275 Å². The van der Waals surface area contributed by atoms with E-state index in [-0.39, 0.29) is 5.41 Å². The van der Waals surface area contributed by atoms with Crippen molar-refractivity contribution in [2.75, 3.05) is 4.90 Å². The molecule has 10 aromatic carbocycles. The van der Waals surface area contributed by atoms with Gasteiger partial charge in [-0.05, 0) is 137 Å². The van der Waals surface area contributed by atoms with Crippen LogP contribution in [0.5, 0.6) is 0 Å². The van der Waals surface area contributed by atoms with E-state index >= 15 is 0 Å². The summed E-state index contributed by atoms with van der Waals surface area (Å²) in [5, 5.41) is 6.16. The largest absolute Gasteiger partial charge is 0.316 e. The van der Waals surface area contributed by atoms with Crippen LogP contribution in [0, 0.1) is 0 Å². The second-order valence-electron chi connectivity index (χ2n) is 19.0. The summed E-state index contributed by atoms with van der Waals surface area (Å²) < 4.78 is 7.24. The first kappa shape index (κ1) is 39.3. The monoisotopic (exact) mass is 882 g/mol. The summed E-state index contributed by atoms with van der Waals surface area (Å²) in [6.07, 6.45) is 2.22. The van der Waals surface area contributed by atoms with Gasteiger partial charge in [0.25, 0.3) is 0 Å². The van der Waals surface area contributed by atoms with Gasteiger partial charge in [-0.1, -0.05) is 147 Å². The third kappa shape index (κ3) is 5.95. The van der Waals surface area contributed by atoms with E-state index in [0.717, 1.165) is 34.1 Å². The molecule has 0 saturated heterocycles. The van der Waals surface area contributed by atoms with E-state index in [4.69, 9.17) is 0 Å². The molecule has 0 saturated carbocycles. The van der Waals surface area contributed by atoms with Crippen molar-refractivity contribution in [1.82, 2.24) is 13.7 Å². The van der Waals surface area contributed by atoms with E-state index in [9.17, 15) is 0 Å². The van der Waals surface area contributed by atoms with Crippen molar-refractivity contribution in [2.24, 2.45) is 0 Å². The topological polar surface area (TPSA) is 18.0 Å². The smallest absolute Gasteiger partial charge is 0.0635 e. The Bertz CT molecular complexity index is 4120. The number of nitrogens with zero attached hydrogens (tertiary/aromatic N) is 4. The fraction of sp³-hybridized carbons (Fsp3) is 0.0462. The van der Waals surface area contributed by atoms with E-state index in [1.165, 1.54) is 87.9 Å². The number of benzene rings is 10. The van der Waals surface area contributed by atoms with Gasteiger partial charge in [-0.15, -0.1) is 0 Å². The highest BCUT2D eigenvalue weighted by Crippen LogP contribution is 2.51. The van der Waals surface area contributed by atoms with E-state index in [0.29, 0.717) is 0 Å². The van der Waals surface area contributed by atoms with Crippen molar-refractivity contribution >= 4 is 71.6 Å². The zero-order valence-electron chi connectivity index (χ0n) is 38.4. The first-order valence-corrected chi connectivity index (χ1v) is 23.9. The molecule has 1 aliphatic carbocycles. The number of hydrogen-bond acceptors (Lipinski definition) is 1. The molecule has 3 heterocycles. The quantitative estimate of drug-likeness (QED) is 0.156. The maximum atomic E-state index is 2.51. The molecule has 0 unspecified atom stereocenters. The molecule has 0 radical (unpaired) electrons. The van der Waals surface area contributed by atoms with Gasteiger partial charge in [0, 0.05) is 72.7 Å². The van der Waals surface area contributed by atoms with Crippen molar-refractivity contribution in [3.8, 4) is 39.3 Å². The lowest BCUT2D eigenvalue weighted by Crippen LogP contribution is -2.16. The summed E-state index contributed by atoms with van der Waals surface area (Å²) in [5.74, 6) is 0. The molecular formula is C65H46N4. The van der Waals surface area contributed by atoms with E-state index < -0.39 is 0 Å². The van der Waals surface area contributed by atoms with Crippen LogP contribution in [0.3, 0.4) is 0 Å². The lowest BCUT2D eigenvalue weighted by Gasteiger charge is -2.28. The fourth-order valence-electron chi connectivity index (χ4n) is 11.6. The summed E-state index contributed by atoms with van der Waals surface area (Å²) in [6, 6.07) is 86.9. The van der Waals surface area contributed by atoms with Gasteiger partial charge in [0.1, 0.15) is 0 Å². The lowest BCUT2D eigenvalue weighted by molar-refractivity contribution is 0.660. The zero-order chi connectivity index (χ0) is 45.8. The molecule has 326 valence electrons. The molecule has 69 heavy (non-hydrogen) atoms. The van der Waals surface area contributed by atoms with Gasteiger partial charge in [0.05, 0.1) is 27.6 Å². The summed E-state index contributed by atoms with van der Waals surface area (Å²) in [4.78, 5) is 2.42. The molecule has 1 aliphatic rings. The van der Waals surface area contributed by atoms with Crippen LogP contribution in [0.25, 0.3) is 93.8 Å². The van der Waals surface area contributed by atoms with Gasteiger partial charge >= 0.3 is 0 Å². The number of para-hydroxylation sites is 3. The van der Waals surface area contributed by atoms with Crippen molar-refractivity contribution in [2.45, 2.75) is 19.3 Å². The van der Waals surface area contributed by atoms with Crippen molar-refractivity contribution in [3.63, 3.8) is 0 Å². The molecule has 0 N–H and O–H groups in total. The highest BCUT2D eigenvalue weighted by Gasteiger charge is 2.36. The summed E-state index contributed by atoms with van der Waals surface area (Å²) in [7, 11) is 0. The highest BCUT2D eigenvalue weighted by molar-refractivity contribution is 6.23. The van der Waals surface area contributed by atoms with Gasteiger partial charge < -0.3 is 18.6 Å². The Morgan fingerprint density at radius 1 is 0.333 bits per heavy atom. The first-order valence-electron chi connectivity index (χ1n) is 23.9. The van der Waals surface area contributed by atoms with Crippen LogP contribution in [-0.4, -0.2) is 13.7 Å². The van der Waals surface area contributed by atoms with E-state index in [1.54, 1.807) is 0 Å². The van der Waals surface area contributed by atoms with Gasteiger partial charge in [0.15, 0.2) is 0 Å². The Morgan fingerprint density at radius 2 is 0.913 bits per heavy atom. The molecule has 0 bridgehead atoms. The van der Waals surface area contributed by atoms with Crippen LogP contribution in [0.15, 0.2) is 243 Å². The fourth-order valence-corrected chi connectivity index (χ4v) is 11.6. The van der Waals surface area contributed by atoms with Gasteiger partial charge in [-0.25, -0.2) is 0 Å². The van der Waals surface area contributed by atoms with Gasteiger partial charge in [-0.2, -0.15) is 0 Å². The zero-order valence-corrected chi connectivity index (χ0v) is 38.4.